The van der Waals surface area contributed by atoms with Crippen molar-refractivity contribution in [1.82, 2.24) is 9.88 Å². The monoisotopic (exact) mass is 303 g/mol. The van der Waals surface area contributed by atoms with E-state index in [1.807, 2.05) is 12.1 Å². The number of rotatable bonds is 4. The molecule has 2 aromatic rings. The number of aryl methyl sites for hydroxylation is 1. The van der Waals surface area contributed by atoms with Crippen LogP contribution in [0.2, 0.25) is 0 Å². The lowest BCUT2D eigenvalue weighted by Crippen LogP contribution is -2.46. The number of anilines is 1. The molecule has 21 heavy (non-hydrogen) atoms. The van der Waals surface area contributed by atoms with E-state index in [0.29, 0.717) is 0 Å². The highest BCUT2D eigenvalue weighted by atomic mass is 32.1. The van der Waals surface area contributed by atoms with Crippen LogP contribution in [0.5, 0.6) is 5.75 Å². The van der Waals surface area contributed by atoms with Gasteiger partial charge in [-0.05, 0) is 31.2 Å². The van der Waals surface area contributed by atoms with Crippen LogP contribution in [0, 0.1) is 6.92 Å². The second-order valence-corrected chi connectivity index (χ2v) is 6.38. The van der Waals surface area contributed by atoms with E-state index in [-0.39, 0.29) is 0 Å². The number of nitrogens with zero attached hydrogens (tertiary/aromatic N) is 3. The van der Waals surface area contributed by atoms with Crippen molar-refractivity contribution in [3.8, 4) is 5.75 Å². The maximum Gasteiger partial charge on any atom is 0.119 e. The van der Waals surface area contributed by atoms with E-state index in [9.17, 15) is 0 Å². The molecule has 0 N–H and O–H groups in total. The van der Waals surface area contributed by atoms with Gasteiger partial charge in [0.05, 0.1) is 17.8 Å². The molecule has 1 saturated heterocycles. The smallest absolute Gasteiger partial charge is 0.119 e. The second-order valence-electron chi connectivity index (χ2n) is 5.32. The van der Waals surface area contributed by atoms with Gasteiger partial charge in [-0.2, -0.15) is 0 Å². The van der Waals surface area contributed by atoms with E-state index in [4.69, 9.17) is 4.74 Å². The average Bonchev–Trinajstić information content (AvgIpc) is 2.93. The summed E-state index contributed by atoms with van der Waals surface area (Å²) in [5, 5.41) is 3.33. The van der Waals surface area contributed by atoms with E-state index in [1.165, 1.54) is 11.4 Å². The number of methoxy groups -OCH3 is 1. The molecule has 1 aromatic heterocycles. The van der Waals surface area contributed by atoms with Crippen LogP contribution >= 0.6 is 11.3 Å². The molecule has 5 heteroatoms. The topological polar surface area (TPSA) is 28.6 Å². The number of thiazole rings is 1. The number of hydrogen-bond donors (Lipinski definition) is 0. The first kappa shape index (κ1) is 14.4. The molecular formula is C16H21N3OS. The maximum absolute atomic E-state index is 5.21. The third-order valence-electron chi connectivity index (χ3n) is 3.86. The molecule has 0 aliphatic carbocycles. The fraction of sp³-hybridized carbons (Fsp3) is 0.438. The summed E-state index contributed by atoms with van der Waals surface area (Å²) in [5.74, 6) is 0.913. The molecule has 112 valence electrons. The molecule has 1 fully saturated rings. The molecule has 0 atom stereocenters. The summed E-state index contributed by atoms with van der Waals surface area (Å²) in [6.45, 7) is 7.34. The molecule has 3 rings (SSSR count). The maximum atomic E-state index is 5.21. The summed E-state index contributed by atoms with van der Waals surface area (Å²) in [6.07, 6.45) is 0. The van der Waals surface area contributed by atoms with E-state index in [1.54, 1.807) is 18.4 Å². The van der Waals surface area contributed by atoms with E-state index < -0.39 is 0 Å². The highest BCUT2D eigenvalue weighted by molar-refractivity contribution is 7.09. The molecule has 0 saturated carbocycles. The molecule has 0 bridgehead atoms. The summed E-state index contributed by atoms with van der Waals surface area (Å²) in [7, 11) is 1.70. The predicted octanol–water partition coefficient (Wildman–Crippen LogP) is 2.78. The molecule has 2 heterocycles. The minimum atomic E-state index is 0.913. The Hall–Kier alpha value is -1.59. The Bertz CT molecular complexity index is 573. The molecule has 0 radical (unpaired) electrons. The number of ether oxygens (including phenoxy) is 1. The van der Waals surface area contributed by atoms with E-state index in [0.717, 1.165) is 43.5 Å². The molecule has 4 nitrogen and oxygen atoms in total. The molecule has 1 aliphatic rings. The van der Waals surface area contributed by atoms with Crippen LogP contribution in [-0.4, -0.2) is 43.2 Å². The Morgan fingerprint density at radius 2 is 1.86 bits per heavy atom. The quantitative estimate of drug-likeness (QED) is 0.868. The first-order chi connectivity index (χ1) is 10.2. The molecule has 0 unspecified atom stereocenters. The van der Waals surface area contributed by atoms with Crippen molar-refractivity contribution < 1.29 is 4.74 Å². The van der Waals surface area contributed by atoms with Crippen LogP contribution in [0.25, 0.3) is 0 Å². The van der Waals surface area contributed by atoms with Gasteiger partial charge in [0.25, 0.3) is 0 Å². The van der Waals surface area contributed by atoms with Crippen molar-refractivity contribution in [3.05, 3.63) is 40.3 Å². The van der Waals surface area contributed by atoms with Gasteiger partial charge in [-0.3, -0.25) is 4.90 Å². The third-order valence-corrected chi connectivity index (χ3v) is 4.68. The van der Waals surface area contributed by atoms with Crippen molar-refractivity contribution in [2.75, 3.05) is 38.2 Å². The van der Waals surface area contributed by atoms with Crippen molar-refractivity contribution in [1.29, 1.82) is 0 Å². The van der Waals surface area contributed by atoms with Crippen LogP contribution in [0.15, 0.2) is 29.6 Å². The molecule has 1 aliphatic heterocycles. The summed E-state index contributed by atoms with van der Waals surface area (Å²) in [6, 6.07) is 8.33. The van der Waals surface area contributed by atoms with Gasteiger partial charge < -0.3 is 9.64 Å². The Labute approximate surface area is 130 Å². The minimum Gasteiger partial charge on any atom is -0.497 e. The summed E-state index contributed by atoms with van der Waals surface area (Å²) < 4.78 is 5.21. The van der Waals surface area contributed by atoms with E-state index >= 15 is 0 Å². The van der Waals surface area contributed by atoms with Gasteiger partial charge in [-0.25, -0.2) is 4.98 Å². The largest absolute Gasteiger partial charge is 0.497 e. The van der Waals surface area contributed by atoms with Gasteiger partial charge >= 0.3 is 0 Å². The van der Waals surface area contributed by atoms with Crippen LogP contribution in [0.1, 0.15) is 10.7 Å². The highest BCUT2D eigenvalue weighted by Crippen LogP contribution is 2.21. The fourth-order valence-electron chi connectivity index (χ4n) is 2.67. The fourth-order valence-corrected chi connectivity index (χ4v) is 3.27. The van der Waals surface area contributed by atoms with Crippen molar-refractivity contribution in [3.63, 3.8) is 0 Å². The van der Waals surface area contributed by atoms with Crippen molar-refractivity contribution >= 4 is 17.0 Å². The Kier molecular flexibility index (Phi) is 4.41. The average molecular weight is 303 g/mol. The molecular weight excluding hydrogens is 282 g/mol. The summed E-state index contributed by atoms with van der Waals surface area (Å²) in [4.78, 5) is 9.46. The zero-order chi connectivity index (χ0) is 14.7. The number of piperazine rings is 1. The standard InChI is InChI=1S/C16H21N3OS/c1-13-17-14(12-21-13)11-18-7-9-19(10-8-18)15-3-5-16(20-2)6-4-15/h3-6,12H,7-11H2,1-2H3. The van der Waals surface area contributed by atoms with Gasteiger partial charge in [0.1, 0.15) is 5.75 Å². The molecule has 1 aromatic carbocycles. The van der Waals surface area contributed by atoms with Crippen LogP contribution in [-0.2, 0) is 6.54 Å². The Morgan fingerprint density at radius 3 is 2.43 bits per heavy atom. The zero-order valence-corrected chi connectivity index (χ0v) is 13.4. The van der Waals surface area contributed by atoms with Crippen LogP contribution in [0.3, 0.4) is 0 Å². The van der Waals surface area contributed by atoms with Gasteiger partial charge in [0, 0.05) is 43.8 Å². The lowest BCUT2D eigenvalue weighted by atomic mass is 10.2. The van der Waals surface area contributed by atoms with Crippen LogP contribution < -0.4 is 9.64 Å². The molecule has 0 amide bonds. The Morgan fingerprint density at radius 1 is 1.14 bits per heavy atom. The van der Waals surface area contributed by atoms with Crippen molar-refractivity contribution in [2.24, 2.45) is 0 Å². The second kappa shape index (κ2) is 6.45. The lowest BCUT2D eigenvalue weighted by molar-refractivity contribution is 0.247. The molecule has 0 spiro atoms. The van der Waals surface area contributed by atoms with Gasteiger partial charge in [0.15, 0.2) is 0 Å². The SMILES string of the molecule is COc1ccc(N2CCN(Cc3csc(C)n3)CC2)cc1. The first-order valence-electron chi connectivity index (χ1n) is 7.27. The third kappa shape index (κ3) is 3.54. The zero-order valence-electron chi connectivity index (χ0n) is 12.6. The van der Waals surface area contributed by atoms with Gasteiger partial charge in [0.2, 0.25) is 0 Å². The first-order valence-corrected chi connectivity index (χ1v) is 8.15. The van der Waals surface area contributed by atoms with Crippen molar-refractivity contribution in [2.45, 2.75) is 13.5 Å². The Balaban J connectivity index is 1.54. The van der Waals surface area contributed by atoms with Crippen LogP contribution in [0.4, 0.5) is 5.69 Å². The minimum absolute atomic E-state index is 0.913. The highest BCUT2D eigenvalue weighted by Gasteiger charge is 2.18. The number of hydrogen-bond acceptors (Lipinski definition) is 5. The normalized spacial score (nSPS) is 16.2. The summed E-state index contributed by atoms with van der Waals surface area (Å²) in [5.41, 5.74) is 2.48. The van der Waals surface area contributed by atoms with Gasteiger partial charge in [-0.15, -0.1) is 11.3 Å². The number of aromatic nitrogens is 1. The van der Waals surface area contributed by atoms with Gasteiger partial charge in [-0.1, -0.05) is 0 Å². The summed E-state index contributed by atoms with van der Waals surface area (Å²) >= 11 is 1.73. The lowest BCUT2D eigenvalue weighted by Gasteiger charge is -2.35. The predicted molar refractivity (Wildman–Crippen MR) is 87.3 cm³/mol. The van der Waals surface area contributed by atoms with E-state index in [2.05, 4.69) is 39.2 Å². The number of benzene rings is 1.